The summed E-state index contributed by atoms with van der Waals surface area (Å²) in [4.78, 5) is 17.2. The number of methoxy groups -OCH3 is 1. The number of halogens is 1. The first-order valence-electron chi connectivity index (χ1n) is 10.7. The summed E-state index contributed by atoms with van der Waals surface area (Å²) in [7, 11) is 1.61. The zero-order valence-electron chi connectivity index (χ0n) is 18.2. The Balaban J connectivity index is 1.33. The maximum Gasteiger partial charge on any atom is 0.253 e. The minimum atomic E-state index is -0.217. The van der Waals surface area contributed by atoms with Gasteiger partial charge in [0.15, 0.2) is 11.5 Å². The van der Waals surface area contributed by atoms with Gasteiger partial charge in [0, 0.05) is 38.3 Å². The van der Waals surface area contributed by atoms with Gasteiger partial charge in [0.2, 0.25) is 0 Å². The molecule has 5 nitrogen and oxygen atoms in total. The fourth-order valence-electron chi connectivity index (χ4n) is 3.88. The third-order valence-electron chi connectivity index (χ3n) is 5.59. The Morgan fingerprint density at radius 1 is 0.875 bits per heavy atom. The van der Waals surface area contributed by atoms with E-state index in [0.717, 1.165) is 24.2 Å². The smallest absolute Gasteiger partial charge is 0.253 e. The average molecular weight is 435 g/mol. The van der Waals surface area contributed by atoms with E-state index in [1.54, 1.807) is 19.2 Å². The van der Waals surface area contributed by atoms with Crippen LogP contribution >= 0.6 is 0 Å². The molecule has 0 atom stereocenters. The SMILES string of the molecule is COc1ccccc1OCc1cccc(C(=O)N2CCN(Cc3cccc(F)c3)CC2)c1. The van der Waals surface area contributed by atoms with Crippen LogP contribution in [0, 0.1) is 5.82 Å². The molecule has 32 heavy (non-hydrogen) atoms. The third-order valence-corrected chi connectivity index (χ3v) is 5.59. The minimum Gasteiger partial charge on any atom is -0.493 e. The van der Waals surface area contributed by atoms with Crippen LogP contribution < -0.4 is 9.47 Å². The predicted octanol–water partition coefficient (Wildman–Crippen LogP) is 4.37. The van der Waals surface area contributed by atoms with E-state index < -0.39 is 0 Å². The molecule has 1 aliphatic heterocycles. The van der Waals surface area contributed by atoms with E-state index in [2.05, 4.69) is 4.90 Å². The Bertz CT molecular complexity index is 1060. The van der Waals surface area contributed by atoms with Crippen LogP contribution in [0.1, 0.15) is 21.5 Å². The molecule has 0 spiro atoms. The summed E-state index contributed by atoms with van der Waals surface area (Å²) in [6.45, 7) is 3.86. The largest absolute Gasteiger partial charge is 0.493 e. The molecule has 3 aromatic carbocycles. The Morgan fingerprint density at radius 3 is 2.34 bits per heavy atom. The summed E-state index contributed by atoms with van der Waals surface area (Å²) in [5, 5.41) is 0. The molecule has 166 valence electrons. The molecule has 1 heterocycles. The van der Waals surface area contributed by atoms with E-state index in [9.17, 15) is 9.18 Å². The zero-order chi connectivity index (χ0) is 22.3. The highest BCUT2D eigenvalue weighted by Gasteiger charge is 2.22. The normalized spacial score (nSPS) is 14.2. The fraction of sp³-hybridized carbons (Fsp3) is 0.269. The molecular weight excluding hydrogens is 407 g/mol. The topological polar surface area (TPSA) is 42.0 Å². The lowest BCUT2D eigenvalue weighted by molar-refractivity contribution is 0.0628. The molecule has 0 N–H and O–H groups in total. The molecule has 1 aliphatic rings. The number of carbonyl (C=O) groups excluding carboxylic acids is 1. The van der Waals surface area contributed by atoms with Crippen molar-refractivity contribution in [3.05, 3.63) is 95.3 Å². The highest BCUT2D eigenvalue weighted by molar-refractivity contribution is 5.94. The first-order chi connectivity index (χ1) is 15.6. The number of ether oxygens (including phenoxy) is 2. The number of piperazine rings is 1. The lowest BCUT2D eigenvalue weighted by Crippen LogP contribution is -2.48. The predicted molar refractivity (Wildman–Crippen MR) is 121 cm³/mol. The number of para-hydroxylation sites is 2. The van der Waals surface area contributed by atoms with Gasteiger partial charge in [-0.25, -0.2) is 4.39 Å². The van der Waals surface area contributed by atoms with Crippen molar-refractivity contribution in [2.24, 2.45) is 0 Å². The monoisotopic (exact) mass is 434 g/mol. The van der Waals surface area contributed by atoms with Crippen molar-refractivity contribution in [2.75, 3.05) is 33.3 Å². The highest BCUT2D eigenvalue weighted by Crippen LogP contribution is 2.26. The maximum absolute atomic E-state index is 13.4. The van der Waals surface area contributed by atoms with Gasteiger partial charge in [-0.1, -0.05) is 36.4 Å². The van der Waals surface area contributed by atoms with Gasteiger partial charge in [-0.05, 0) is 47.5 Å². The number of hydrogen-bond donors (Lipinski definition) is 0. The van der Waals surface area contributed by atoms with Crippen LogP contribution in [0.15, 0.2) is 72.8 Å². The van der Waals surface area contributed by atoms with Crippen LogP contribution in [0.3, 0.4) is 0 Å². The van der Waals surface area contributed by atoms with Gasteiger partial charge in [0.1, 0.15) is 12.4 Å². The summed E-state index contributed by atoms with van der Waals surface area (Å²) in [6, 6.07) is 21.7. The van der Waals surface area contributed by atoms with E-state index in [1.807, 2.05) is 59.5 Å². The van der Waals surface area contributed by atoms with Crippen LogP contribution in [-0.4, -0.2) is 49.0 Å². The molecule has 0 aromatic heterocycles. The lowest BCUT2D eigenvalue weighted by atomic mass is 10.1. The molecule has 1 saturated heterocycles. The fourth-order valence-corrected chi connectivity index (χ4v) is 3.88. The van der Waals surface area contributed by atoms with Crippen molar-refractivity contribution in [1.82, 2.24) is 9.80 Å². The van der Waals surface area contributed by atoms with Crippen molar-refractivity contribution >= 4 is 5.91 Å². The van der Waals surface area contributed by atoms with Crippen molar-refractivity contribution in [2.45, 2.75) is 13.2 Å². The first-order valence-corrected chi connectivity index (χ1v) is 10.7. The van der Waals surface area contributed by atoms with E-state index in [0.29, 0.717) is 43.3 Å². The van der Waals surface area contributed by atoms with Gasteiger partial charge in [-0.15, -0.1) is 0 Å². The maximum atomic E-state index is 13.4. The van der Waals surface area contributed by atoms with Crippen LogP contribution in [-0.2, 0) is 13.2 Å². The van der Waals surface area contributed by atoms with Gasteiger partial charge in [-0.2, -0.15) is 0 Å². The molecule has 0 bridgehead atoms. The van der Waals surface area contributed by atoms with Crippen molar-refractivity contribution in [3.63, 3.8) is 0 Å². The molecule has 4 rings (SSSR count). The second-order valence-electron chi connectivity index (χ2n) is 7.84. The van der Waals surface area contributed by atoms with E-state index in [-0.39, 0.29) is 11.7 Å². The molecule has 0 aliphatic carbocycles. The summed E-state index contributed by atoms with van der Waals surface area (Å²) in [6.07, 6.45) is 0. The summed E-state index contributed by atoms with van der Waals surface area (Å²) < 4.78 is 24.6. The molecule has 1 fully saturated rings. The van der Waals surface area contributed by atoms with Gasteiger partial charge in [0.25, 0.3) is 5.91 Å². The molecule has 1 amide bonds. The van der Waals surface area contributed by atoms with Crippen molar-refractivity contribution in [1.29, 1.82) is 0 Å². The Hall–Kier alpha value is -3.38. The zero-order valence-corrected chi connectivity index (χ0v) is 18.2. The van der Waals surface area contributed by atoms with E-state index in [4.69, 9.17) is 9.47 Å². The number of amides is 1. The van der Waals surface area contributed by atoms with Crippen LogP contribution in [0.25, 0.3) is 0 Å². The van der Waals surface area contributed by atoms with E-state index in [1.165, 1.54) is 6.07 Å². The summed E-state index contributed by atoms with van der Waals surface area (Å²) in [5.74, 6) is 1.15. The Kier molecular flexibility index (Phi) is 7.02. The quantitative estimate of drug-likeness (QED) is 0.554. The van der Waals surface area contributed by atoms with Gasteiger partial charge in [0.05, 0.1) is 7.11 Å². The third kappa shape index (κ3) is 5.45. The second kappa shape index (κ2) is 10.3. The lowest BCUT2D eigenvalue weighted by Gasteiger charge is -2.34. The highest BCUT2D eigenvalue weighted by atomic mass is 19.1. The van der Waals surface area contributed by atoms with Gasteiger partial charge >= 0.3 is 0 Å². The Labute approximate surface area is 188 Å². The number of nitrogens with zero attached hydrogens (tertiary/aromatic N) is 2. The van der Waals surface area contributed by atoms with Gasteiger partial charge < -0.3 is 14.4 Å². The van der Waals surface area contributed by atoms with E-state index >= 15 is 0 Å². The molecular formula is C26H27FN2O3. The van der Waals surface area contributed by atoms with Gasteiger partial charge in [-0.3, -0.25) is 9.69 Å². The average Bonchev–Trinajstić information content (AvgIpc) is 2.83. The molecule has 0 radical (unpaired) electrons. The summed E-state index contributed by atoms with van der Waals surface area (Å²) >= 11 is 0. The molecule has 0 saturated carbocycles. The van der Waals surface area contributed by atoms with Crippen LogP contribution in [0.4, 0.5) is 4.39 Å². The standard InChI is InChI=1S/C26H27FN2O3/c1-31-24-10-2-3-11-25(24)32-19-21-7-4-8-22(16-21)26(30)29-14-12-28(13-15-29)18-20-6-5-9-23(27)17-20/h2-11,16-17H,12-15,18-19H2,1H3. The van der Waals surface area contributed by atoms with Crippen molar-refractivity contribution < 1.29 is 18.7 Å². The molecule has 3 aromatic rings. The first kappa shape index (κ1) is 21.8. The number of carbonyl (C=O) groups is 1. The second-order valence-corrected chi connectivity index (χ2v) is 7.84. The minimum absolute atomic E-state index is 0.0227. The Morgan fingerprint density at radius 2 is 1.59 bits per heavy atom. The molecule has 6 heteroatoms. The van der Waals surface area contributed by atoms with Crippen LogP contribution in [0.5, 0.6) is 11.5 Å². The molecule has 0 unspecified atom stereocenters. The van der Waals surface area contributed by atoms with Crippen molar-refractivity contribution in [3.8, 4) is 11.5 Å². The number of hydrogen-bond acceptors (Lipinski definition) is 4. The number of benzene rings is 3. The summed E-state index contributed by atoms with van der Waals surface area (Å²) in [5.41, 5.74) is 2.53. The van der Waals surface area contributed by atoms with Crippen LogP contribution in [0.2, 0.25) is 0 Å². The number of rotatable bonds is 7.